The Morgan fingerprint density at radius 1 is 1.12 bits per heavy atom. The molecule has 7 heteroatoms. The third-order valence-corrected chi connectivity index (χ3v) is 4.06. The molecule has 0 bridgehead atoms. The number of hydrogen-bond acceptors (Lipinski definition) is 3. The average Bonchev–Trinajstić information content (AvgIpc) is 2.56. The summed E-state index contributed by atoms with van der Waals surface area (Å²) in [5, 5.41) is 12.9. The zero-order valence-corrected chi connectivity index (χ0v) is 14.7. The molecule has 2 aromatic carbocycles. The number of halogens is 3. The van der Waals surface area contributed by atoms with Crippen molar-refractivity contribution in [2.45, 2.75) is 0 Å². The lowest BCUT2D eigenvalue weighted by atomic mass is 10.1. The molecule has 2 aromatic rings. The molecule has 0 fully saturated rings. The maximum atomic E-state index is 12.2. The number of carbonyl (C=O) groups is 1. The lowest BCUT2D eigenvalue weighted by molar-refractivity contribution is -0.112. The van der Waals surface area contributed by atoms with Crippen molar-refractivity contribution in [1.82, 2.24) is 0 Å². The van der Waals surface area contributed by atoms with Crippen molar-refractivity contribution in [3.05, 3.63) is 62.6 Å². The molecule has 24 heavy (non-hydrogen) atoms. The van der Waals surface area contributed by atoms with Crippen molar-refractivity contribution in [3.63, 3.8) is 0 Å². The highest BCUT2D eigenvalue weighted by molar-refractivity contribution is 6.42. The summed E-state index contributed by atoms with van der Waals surface area (Å²) in [4.78, 5) is 12.2. The van der Waals surface area contributed by atoms with E-state index in [-0.39, 0.29) is 5.57 Å². The summed E-state index contributed by atoms with van der Waals surface area (Å²) in [6.45, 7) is 0. The molecule has 0 unspecified atom stereocenters. The van der Waals surface area contributed by atoms with Gasteiger partial charge in [-0.05, 0) is 42.0 Å². The second kappa shape index (κ2) is 8.07. The van der Waals surface area contributed by atoms with Crippen LogP contribution in [-0.2, 0) is 4.79 Å². The molecule has 0 spiro atoms. The number of ether oxygens (including phenoxy) is 1. The average molecular weight is 382 g/mol. The molecular weight excluding hydrogens is 371 g/mol. The summed E-state index contributed by atoms with van der Waals surface area (Å²) in [5.41, 5.74) is 0.949. The highest BCUT2D eigenvalue weighted by Gasteiger charge is 2.11. The first-order valence-electron chi connectivity index (χ1n) is 6.66. The molecule has 0 radical (unpaired) electrons. The third-order valence-electron chi connectivity index (χ3n) is 3.03. The van der Waals surface area contributed by atoms with Gasteiger partial charge in [0.25, 0.3) is 5.91 Å². The van der Waals surface area contributed by atoms with E-state index < -0.39 is 5.91 Å². The predicted octanol–water partition coefficient (Wildman–Crippen LogP) is 5.20. The summed E-state index contributed by atoms with van der Waals surface area (Å²) in [6, 6.07) is 11.4. The molecule has 2 rings (SSSR count). The molecule has 0 aliphatic rings. The van der Waals surface area contributed by atoms with Gasteiger partial charge in [-0.1, -0.05) is 40.9 Å². The van der Waals surface area contributed by atoms with E-state index in [1.807, 2.05) is 6.07 Å². The number of amides is 1. The van der Waals surface area contributed by atoms with E-state index in [2.05, 4.69) is 5.32 Å². The van der Waals surface area contributed by atoms with Crippen LogP contribution in [0.3, 0.4) is 0 Å². The van der Waals surface area contributed by atoms with Gasteiger partial charge in [0.15, 0.2) is 0 Å². The Morgan fingerprint density at radius 3 is 2.46 bits per heavy atom. The van der Waals surface area contributed by atoms with Crippen molar-refractivity contribution in [1.29, 1.82) is 5.26 Å². The molecule has 0 saturated heterocycles. The van der Waals surface area contributed by atoms with Gasteiger partial charge in [0.05, 0.1) is 22.2 Å². The summed E-state index contributed by atoms with van der Waals surface area (Å²) in [6.07, 6.45) is 1.42. The Hall–Kier alpha value is -2.19. The van der Waals surface area contributed by atoms with Crippen molar-refractivity contribution in [2.24, 2.45) is 0 Å². The molecule has 0 heterocycles. The number of rotatable bonds is 4. The van der Waals surface area contributed by atoms with Gasteiger partial charge in [0.2, 0.25) is 0 Å². The minimum atomic E-state index is -0.565. The van der Waals surface area contributed by atoms with Gasteiger partial charge in [-0.2, -0.15) is 5.26 Å². The van der Waals surface area contributed by atoms with Crippen LogP contribution in [0.15, 0.2) is 42.0 Å². The fourth-order valence-electron chi connectivity index (χ4n) is 1.86. The first-order chi connectivity index (χ1) is 11.4. The predicted molar refractivity (Wildman–Crippen MR) is 96.7 cm³/mol. The topological polar surface area (TPSA) is 62.1 Å². The molecule has 4 nitrogen and oxygen atoms in total. The molecule has 1 N–H and O–H groups in total. The van der Waals surface area contributed by atoms with Gasteiger partial charge in [-0.15, -0.1) is 0 Å². The number of benzene rings is 2. The van der Waals surface area contributed by atoms with E-state index in [4.69, 9.17) is 39.5 Å². The van der Waals surface area contributed by atoms with Crippen LogP contribution in [0.2, 0.25) is 15.1 Å². The fourth-order valence-corrected chi connectivity index (χ4v) is 2.42. The lowest BCUT2D eigenvalue weighted by Crippen LogP contribution is -2.13. The van der Waals surface area contributed by atoms with Crippen LogP contribution in [0.25, 0.3) is 6.08 Å². The summed E-state index contributed by atoms with van der Waals surface area (Å²) in [5.74, 6) is -0.0775. The van der Waals surface area contributed by atoms with Crippen LogP contribution in [-0.4, -0.2) is 13.0 Å². The minimum absolute atomic E-state index is 0.0830. The van der Waals surface area contributed by atoms with Crippen LogP contribution in [0.4, 0.5) is 5.69 Å². The van der Waals surface area contributed by atoms with Gasteiger partial charge < -0.3 is 10.1 Å². The Morgan fingerprint density at radius 2 is 1.88 bits per heavy atom. The van der Waals surface area contributed by atoms with Crippen molar-refractivity contribution in [2.75, 3.05) is 12.4 Å². The number of anilines is 1. The number of nitrogens with zero attached hydrogens (tertiary/aromatic N) is 1. The molecule has 1 amide bonds. The van der Waals surface area contributed by atoms with Gasteiger partial charge in [-0.25, -0.2) is 0 Å². The van der Waals surface area contributed by atoms with Crippen molar-refractivity contribution in [3.8, 4) is 11.8 Å². The van der Waals surface area contributed by atoms with E-state index in [0.29, 0.717) is 32.1 Å². The zero-order chi connectivity index (χ0) is 17.7. The van der Waals surface area contributed by atoms with Gasteiger partial charge in [-0.3, -0.25) is 4.79 Å². The van der Waals surface area contributed by atoms with Crippen LogP contribution in [0, 0.1) is 11.3 Å². The number of hydrogen-bond donors (Lipinski definition) is 1. The van der Waals surface area contributed by atoms with E-state index in [1.165, 1.54) is 19.3 Å². The van der Waals surface area contributed by atoms with Gasteiger partial charge in [0, 0.05) is 5.69 Å². The maximum Gasteiger partial charge on any atom is 0.266 e. The largest absolute Gasteiger partial charge is 0.495 e. The van der Waals surface area contributed by atoms with E-state index in [9.17, 15) is 10.1 Å². The molecular formula is C17H11Cl3N2O2. The molecule has 0 saturated carbocycles. The Bertz CT molecular complexity index is 857. The van der Waals surface area contributed by atoms with E-state index in [0.717, 1.165) is 0 Å². The smallest absolute Gasteiger partial charge is 0.266 e. The van der Waals surface area contributed by atoms with E-state index in [1.54, 1.807) is 30.3 Å². The zero-order valence-electron chi connectivity index (χ0n) is 12.4. The molecule has 0 atom stereocenters. The van der Waals surface area contributed by atoms with Gasteiger partial charge >= 0.3 is 0 Å². The second-order valence-corrected chi connectivity index (χ2v) is 5.87. The fraction of sp³-hybridized carbons (Fsp3) is 0.0588. The number of nitrogens with one attached hydrogen (secondary N) is 1. The summed E-state index contributed by atoms with van der Waals surface area (Å²) >= 11 is 17.8. The first kappa shape index (κ1) is 18.2. The lowest BCUT2D eigenvalue weighted by Gasteiger charge is -2.07. The SMILES string of the molecule is COc1ccc(NC(=O)/C(C#N)=C/c2ccc(Cl)c(Cl)c2)cc1Cl. The summed E-state index contributed by atoms with van der Waals surface area (Å²) in [7, 11) is 1.49. The molecule has 0 aliphatic carbocycles. The normalized spacial score (nSPS) is 10.9. The highest BCUT2D eigenvalue weighted by Crippen LogP contribution is 2.27. The van der Waals surface area contributed by atoms with Crippen LogP contribution in [0.1, 0.15) is 5.56 Å². The monoisotopic (exact) mass is 380 g/mol. The Kier molecular flexibility index (Phi) is 6.10. The standard InChI is InChI=1S/C17H11Cl3N2O2/c1-24-16-5-3-12(8-15(16)20)22-17(23)11(9-21)6-10-2-4-13(18)14(19)7-10/h2-8H,1H3,(H,22,23)/b11-6+. The molecule has 0 aromatic heterocycles. The molecule has 0 aliphatic heterocycles. The third kappa shape index (κ3) is 4.42. The van der Waals surface area contributed by atoms with Gasteiger partial charge in [0.1, 0.15) is 17.4 Å². The molecule has 122 valence electrons. The Labute approximate surface area is 154 Å². The van der Waals surface area contributed by atoms with Crippen LogP contribution < -0.4 is 10.1 Å². The number of methoxy groups -OCH3 is 1. The highest BCUT2D eigenvalue weighted by atomic mass is 35.5. The first-order valence-corrected chi connectivity index (χ1v) is 7.79. The maximum absolute atomic E-state index is 12.2. The van der Waals surface area contributed by atoms with Crippen molar-refractivity contribution < 1.29 is 9.53 Å². The van der Waals surface area contributed by atoms with E-state index >= 15 is 0 Å². The van der Waals surface area contributed by atoms with Crippen molar-refractivity contribution >= 4 is 52.5 Å². The minimum Gasteiger partial charge on any atom is -0.495 e. The second-order valence-electron chi connectivity index (χ2n) is 4.65. The Balaban J connectivity index is 2.22. The summed E-state index contributed by atoms with van der Waals surface area (Å²) < 4.78 is 5.04. The number of nitriles is 1. The number of carbonyl (C=O) groups excluding carboxylic acids is 1. The van der Waals surface area contributed by atoms with Crippen LogP contribution in [0.5, 0.6) is 5.75 Å². The van der Waals surface area contributed by atoms with Crippen LogP contribution >= 0.6 is 34.8 Å². The quantitative estimate of drug-likeness (QED) is 0.585.